The molecule has 1 heterocycles. The number of nitrogens with zero attached hydrogens (tertiary/aromatic N) is 2. The van der Waals surface area contributed by atoms with Crippen molar-refractivity contribution in [1.82, 2.24) is 9.80 Å². The van der Waals surface area contributed by atoms with Crippen molar-refractivity contribution in [2.45, 2.75) is 13.8 Å². The second-order valence-corrected chi connectivity index (χ2v) is 5.84. The maximum absolute atomic E-state index is 12.5. The Morgan fingerprint density at radius 2 is 1.70 bits per heavy atom. The van der Waals surface area contributed by atoms with E-state index in [1.807, 2.05) is 13.8 Å². The SMILES string of the molecule is CC(C)C(=O)N1CCN(C(=O)c2cccc(NC(N)=O)c2)CC1. The molecule has 1 aliphatic rings. The van der Waals surface area contributed by atoms with Gasteiger partial charge in [0.25, 0.3) is 5.91 Å². The van der Waals surface area contributed by atoms with Crippen molar-refractivity contribution in [3.63, 3.8) is 0 Å². The molecule has 3 N–H and O–H groups in total. The quantitative estimate of drug-likeness (QED) is 0.874. The van der Waals surface area contributed by atoms with Gasteiger partial charge in [-0.15, -0.1) is 0 Å². The largest absolute Gasteiger partial charge is 0.351 e. The minimum absolute atomic E-state index is 0.0335. The number of benzene rings is 1. The fourth-order valence-corrected chi connectivity index (χ4v) is 2.55. The zero-order valence-electron chi connectivity index (χ0n) is 13.4. The van der Waals surface area contributed by atoms with Crippen LogP contribution in [0.3, 0.4) is 0 Å². The monoisotopic (exact) mass is 318 g/mol. The molecule has 0 aliphatic carbocycles. The number of carbonyl (C=O) groups is 3. The third-order valence-corrected chi connectivity index (χ3v) is 3.75. The van der Waals surface area contributed by atoms with Gasteiger partial charge in [0.1, 0.15) is 0 Å². The van der Waals surface area contributed by atoms with Crippen molar-refractivity contribution in [1.29, 1.82) is 0 Å². The van der Waals surface area contributed by atoms with Crippen LogP contribution in [0.1, 0.15) is 24.2 Å². The molecule has 0 saturated carbocycles. The highest BCUT2D eigenvalue weighted by atomic mass is 16.2. The molecule has 1 aliphatic heterocycles. The first-order chi connectivity index (χ1) is 10.9. The van der Waals surface area contributed by atoms with Crippen LogP contribution in [0.5, 0.6) is 0 Å². The first-order valence-electron chi connectivity index (χ1n) is 7.63. The average Bonchev–Trinajstić information content (AvgIpc) is 2.53. The third-order valence-electron chi connectivity index (χ3n) is 3.75. The Bertz CT molecular complexity index is 607. The zero-order valence-corrected chi connectivity index (χ0v) is 13.4. The van der Waals surface area contributed by atoms with E-state index in [2.05, 4.69) is 5.32 Å². The van der Waals surface area contributed by atoms with E-state index in [4.69, 9.17) is 5.73 Å². The molecule has 124 valence electrons. The summed E-state index contributed by atoms with van der Waals surface area (Å²) in [6, 6.07) is 5.98. The number of piperazine rings is 1. The highest BCUT2D eigenvalue weighted by Crippen LogP contribution is 2.15. The molecular weight excluding hydrogens is 296 g/mol. The Kier molecular flexibility index (Phi) is 5.20. The Balaban J connectivity index is 2.00. The standard InChI is InChI=1S/C16H22N4O3/c1-11(2)14(21)19-6-8-20(9-7-19)15(22)12-4-3-5-13(10-12)18-16(17)23/h3-5,10-11H,6-9H2,1-2H3,(H3,17,18,23). The van der Waals surface area contributed by atoms with Crippen LogP contribution in [0.25, 0.3) is 0 Å². The van der Waals surface area contributed by atoms with Crippen LogP contribution >= 0.6 is 0 Å². The second kappa shape index (κ2) is 7.13. The van der Waals surface area contributed by atoms with E-state index in [-0.39, 0.29) is 17.7 Å². The molecule has 4 amide bonds. The number of hydrogen-bond donors (Lipinski definition) is 2. The molecule has 1 fully saturated rings. The van der Waals surface area contributed by atoms with Crippen molar-refractivity contribution in [2.24, 2.45) is 11.7 Å². The maximum atomic E-state index is 12.5. The van der Waals surface area contributed by atoms with Gasteiger partial charge >= 0.3 is 6.03 Å². The number of nitrogens with one attached hydrogen (secondary N) is 1. The third kappa shape index (κ3) is 4.21. The summed E-state index contributed by atoms with van der Waals surface area (Å²) in [5.74, 6) is -0.0340. The summed E-state index contributed by atoms with van der Waals surface area (Å²) in [4.78, 5) is 38.9. The highest BCUT2D eigenvalue weighted by Gasteiger charge is 2.26. The van der Waals surface area contributed by atoms with Gasteiger partial charge < -0.3 is 20.9 Å². The first kappa shape index (κ1) is 16.8. The molecule has 0 bridgehead atoms. The minimum atomic E-state index is -0.671. The summed E-state index contributed by atoms with van der Waals surface area (Å²) in [7, 11) is 0. The van der Waals surface area contributed by atoms with Crippen LogP contribution < -0.4 is 11.1 Å². The second-order valence-electron chi connectivity index (χ2n) is 5.84. The summed E-state index contributed by atoms with van der Waals surface area (Å²) in [5.41, 5.74) is 6.05. The molecule has 7 heteroatoms. The predicted molar refractivity (Wildman–Crippen MR) is 87.0 cm³/mol. The van der Waals surface area contributed by atoms with Crippen LogP contribution in [0, 0.1) is 5.92 Å². The number of primary amides is 1. The Labute approximate surface area is 135 Å². The molecule has 0 aromatic heterocycles. The van der Waals surface area contributed by atoms with E-state index >= 15 is 0 Å². The molecule has 1 saturated heterocycles. The fourth-order valence-electron chi connectivity index (χ4n) is 2.55. The number of carbonyl (C=O) groups excluding carboxylic acids is 3. The predicted octanol–water partition coefficient (Wildman–Crippen LogP) is 1.12. The van der Waals surface area contributed by atoms with E-state index in [0.717, 1.165) is 0 Å². The maximum Gasteiger partial charge on any atom is 0.316 e. The molecule has 0 spiro atoms. The van der Waals surface area contributed by atoms with Gasteiger partial charge in [-0.25, -0.2) is 4.79 Å². The molecule has 1 aromatic carbocycles. The molecule has 0 radical (unpaired) electrons. The van der Waals surface area contributed by atoms with Gasteiger partial charge in [-0.2, -0.15) is 0 Å². The summed E-state index contributed by atoms with van der Waals surface area (Å²) in [6.45, 7) is 5.84. The number of amides is 4. The van der Waals surface area contributed by atoms with Crippen molar-refractivity contribution in [3.05, 3.63) is 29.8 Å². The molecule has 0 unspecified atom stereocenters. The number of hydrogen-bond acceptors (Lipinski definition) is 3. The summed E-state index contributed by atoms with van der Waals surface area (Å²) in [6.07, 6.45) is 0. The summed E-state index contributed by atoms with van der Waals surface area (Å²) < 4.78 is 0. The minimum Gasteiger partial charge on any atom is -0.351 e. The number of nitrogens with two attached hydrogens (primary N) is 1. The Hall–Kier alpha value is -2.57. The van der Waals surface area contributed by atoms with Crippen molar-refractivity contribution in [3.8, 4) is 0 Å². The van der Waals surface area contributed by atoms with E-state index in [9.17, 15) is 14.4 Å². The van der Waals surface area contributed by atoms with Crippen molar-refractivity contribution in [2.75, 3.05) is 31.5 Å². The molecule has 7 nitrogen and oxygen atoms in total. The lowest BCUT2D eigenvalue weighted by Gasteiger charge is -2.35. The van der Waals surface area contributed by atoms with Crippen LogP contribution in [0.4, 0.5) is 10.5 Å². The number of anilines is 1. The average molecular weight is 318 g/mol. The van der Waals surface area contributed by atoms with Gasteiger partial charge in [0.05, 0.1) is 0 Å². The smallest absolute Gasteiger partial charge is 0.316 e. The lowest BCUT2D eigenvalue weighted by atomic mass is 10.1. The number of urea groups is 1. The van der Waals surface area contributed by atoms with Crippen LogP contribution in [-0.2, 0) is 4.79 Å². The van der Waals surface area contributed by atoms with Crippen molar-refractivity contribution < 1.29 is 14.4 Å². The van der Waals surface area contributed by atoms with Gasteiger partial charge in [-0.3, -0.25) is 9.59 Å². The first-order valence-corrected chi connectivity index (χ1v) is 7.63. The van der Waals surface area contributed by atoms with Crippen LogP contribution in [0.15, 0.2) is 24.3 Å². The van der Waals surface area contributed by atoms with Crippen LogP contribution in [0.2, 0.25) is 0 Å². The molecule has 2 rings (SSSR count). The lowest BCUT2D eigenvalue weighted by molar-refractivity contribution is -0.135. The van der Waals surface area contributed by atoms with Gasteiger partial charge in [-0.05, 0) is 18.2 Å². The van der Waals surface area contributed by atoms with Gasteiger partial charge in [-0.1, -0.05) is 19.9 Å². The van der Waals surface area contributed by atoms with E-state index in [1.54, 1.807) is 34.1 Å². The summed E-state index contributed by atoms with van der Waals surface area (Å²) in [5, 5.41) is 2.45. The molecular formula is C16H22N4O3. The van der Waals surface area contributed by atoms with Gasteiger partial charge in [0.2, 0.25) is 5.91 Å². The summed E-state index contributed by atoms with van der Waals surface area (Å²) >= 11 is 0. The van der Waals surface area contributed by atoms with Gasteiger partial charge in [0, 0.05) is 43.3 Å². The molecule has 1 aromatic rings. The zero-order chi connectivity index (χ0) is 17.0. The lowest BCUT2D eigenvalue weighted by Crippen LogP contribution is -2.51. The normalized spacial score (nSPS) is 14.7. The topological polar surface area (TPSA) is 95.7 Å². The number of rotatable bonds is 3. The molecule has 23 heavy (non-hydrogen) atoms. The fraction of sp³-hybridized carbons (Fsp3) is 0.438. The Morgan fingerprint density at radius 1 is 1.09 bits per heavy atom. The van der Waals surface area contributed by atoms with E-state index < -0.39 is 6.03 Å². The van der Waals surface area contributed by atoms with Crippen molar-refractivity contribution >= 4 is 23.5 Å². The van der Waals surface area contributed by atoms with Gasteiger partial charge in [0.15, 0.2) is 0 Å². The van der Waals surface area contributed by atoms with Crippen LogP contribution in [-0.4, -0.2) is 53.8 Å². The van der Waals surface area contributed by atoms with E-state index in [1.165, 1.54) is 0 Å². The Morgan fingerprint density at radius 3 is 2.26 bits per heavy atom. The van der Waals surface area contributed by atoms with E-state index in [0.29, 0.717) is 37.4 Å². The highest BCUT2D eigenvalue weighted by molar-refractivity contribution is 5.96. The molecule has 0 atom stereocenters.